The Balaban J connectivity index is 1.17. The highest BCUT2D eigenvalue weighted by Gasteiger charge is 2.31. The van der Waals surface area contributed by atoms with E-state index in [2.05, 4.69) is 10.3 Å². The Labute approximate surface area is 206 Å². The number of halogens is 2. The number of amides is 1. The number of carbonyl (C=O) groups excluding carboxylic acids is 1. The highest BCUT2D eigenvalue weighted by molar-refractivity contribution is 7.10. The van der Waals surface area contributed by atoms with Gasteiger partial charge in [-0.15, -0.1) is 11.3 Å². The third-order valence-corrected chi connectivity index (χ3v) is 7.66. The van der Waals surface area contributed by atoms with Crippen LogP contribution in [0.15, 0.2) is 40.9 Å². The van der Waals surface area contributed by atoms with E-state index in [1.165, 1.54) is 6.07 Å². The van der Waals surface area contributed by atoms with Gasteiger partial charge in [-0.3, -0.25) is 9.48 Å². The largest absolute Gasteiger partial charge is 0.387 e. The molecule has 2 aromatic heterocycles. The van der Waals surface area contributed by atoms with Crippen molar-refractivity contribution in [2.75, 3.05) is 13.1 Å². The number of oxime groups is 1. The molecular weight excluding hydrogens is 472 g/mol. The molecule has 4 heterocycles. The minimum absolute atomic E-state index is 0.0212. The van der Waals surface area contributed by atoms with E-state index in [0.29, 0.717) is 30.8 Å². The molecule has 5 rings (SSSR count). The van der Waals surface area contributed by atoms with Crippen LogP contribution in [0.1, 0.15) is 70.9 Å². The minimum atomic E-state index is -2.56. The average Bonchev–Trinajstić information content (AvgIpc) is 3.59. The summed E-state index contributed by atoms with van der Waals surface area (Å²) in [7, 11) is 0. The minimum Gasteiger partial charge on any atom is -0.387 e. The molecule has 3 aromatic rings. The first kappa shape index (κ1) is 23.6. The second-order valence-electron chi connectivity index (χ2n) is 9.08. The van der Waals surface area contributed by atoms with Crippen molar-refractivity contribution in [3.63, 3.8) is 0 Å². The Morgan fingerprint density at radius 2 is 2.00 bits per heavy atom. The van der Waals surface area contributed by atoms with Crippen LogP contribution in [-0.2, 0) is 16.2 Å². The van der Waals surface area contributed by atoms with Crippen molar-refractivity contribution in [2.24, 2.45) is 5.16 Å². The molecule has 1 saturated heterocycles. The maximum Gasteiger partial charge on any atom is 0.264 e. The smallest absolute Gasteiger partial charge is 0.264 e. The van der Waals surface area contributed by atoms with Gasteiger partial charge in [0.25, 0.3) is 6.43 Å². The fraction of sp³-hybridized carbons (Fsp3) is 0.440. The van der Waals surface area contributed by atoms with Crippen molar-refractivity contribution in [3.05, 3.63) is 68.9 Å². The van der Waals surface area contributed by atoms with Crippen LogP contribution in [-0.4, -0.2) is 44.4 Å². The molecule has 0 saturated carbocycles. The van der Waals surface area contributed by atoms with Crippen LogP contribution in [0.4, 0.5) is 8.78 Å². The summed E-state index contributed by atoms with van der Waals surface area (Å²) < 4.78 is 28.5. The van der Waals surface area contributed by atoms with E-state index in [1.54, 1.807) is 34.2 Å². The molecule has 2 aliphatic heterocycles. The lowest BCUT2D eigenvalue weighted by molar-refractivity contribution is -0.133. The maximum absolute atomic E-state index is 13.4. The average molecular weight is 500 g/mol. The Morgan fingerprint density at radius 1 is 1.23 bits per heavy atom. The predicted molar refractivity (Wildman–Crippen MR) is 129 cm³/mol. The number of carbonyl (C=O) groups is 1. The van der Waals surface area contributed by atoms with E-state index in [0.717, 1.165) is 34.9 Å². The van der Waals surface area contributed by atoms with Gasteiger partial charge in [0.15, 0.2) is 6.10 Å². The topological polar surface area (TPSA) is 72.6 Å². The highest BCUT2D eigenvalue weighted by atomic mass is 32.1. The fourth-order valence-electron chi connectivity index (χ4n) is 4.74. The number of thiazole rings is 1. The van der Waals surface area contributed by atoms with Crippen LogP contribution in [0.2, 0.25) is 0 Å². The Bertz CT molecular complexity index is 1250. The Kier molecular flexibility index (Phi) is 6.64. The first-order chi connectivity index (χ1) is 16.9. The summed E-state index contributed by atoms with van der Waals surface area (Å²) in [6.07, 6.45) is -0.981. The molecule has 7 nitrogen and oxygen atoms in total. The second-order valence-corrected chi connectivity index (χ2v) is 9.97. The van der Waals surface area contributed by atoms with Crippen LogP contribution < -0.4 is 0 Å². The van der Waals surface area contributed by atoms with Crippen molar-refractivity contribution >= 4 is 23.0 Å². The molecule has 35 heavy (non-hydrogen) atoms. The summed E-state index contributed by atoms with van der Waals surface area (Å²) in [6, 6.07) is 8.40. The molecule has 0 bridgehead atoms. The number of nitrogens with zero attached hydrogens (tertiary/aromatic N) is 5. The highest BCUT2D eigenvalue weighted by Crippen LogP contribution is 2.36. The standard InChI is InChI=1S/C25H27F2N5O2S/c1-15-11-16(2)32(29-15)13-23(33)31-9-7-17(8-10-31)25-28-21(14-35-25)20-12-22(34-30-20)18-5-3-4-6-19(18)24(26)27/h3-6,11,14,17,22,24H,7-10,12-13H2,1-2H3. The van der Waals surface area contributed by atoms with E-state index in [-0.39, 0.29) is 23.9 Å². The summed E-state index contributed by atoms with van der Waals surface area (Å²) >= 11 is 1.58. The Morgan fingerprint density at radius 3 is 2.71 bits per heavy atom. The van der Waals surface area contributed by atoms with E-state index in [4.69, 9.17) is 9.82 Å². The van der Waals surface area contributed by atoms with E-state index >= 15 is 0 Å². The number of hydrogen-bond acceptors (Lipinski definition) is 6. The van der Waals surface area contributed by atoms with E-state index in [1.807, 2.05) is 30.2 Å². The number of alkyl halides is 2. The van der Waals surface area contributed by atoms with Crippen molar-refractivity contribution in [1.29, 1.82) is 0 Å². The van der Waals surface area contributed by atoms with Gasteiger partial charge in [-0.25, -0.2) is 13.8 Å². The van der Waals surface area contributed by atoms with Crippen LogP contribution in [0.5, 0.6) is 0 Å². The zero-order valence-corrected chi connectivity index (χ0v) is 20.5. The molecule has 0 spiro atoms. The van der Waals surface area contributed by atoms with Gasteiger partial charge in [0.1, 0.15) is 12.3 Å². The lowest BCUT2D eigenvalue weighted by Gasteiger charge is -2.31. The summed E-state index contributed by atoms with van der Waals surface area (Å²) in [6.45, 7) is 5.52. The van der Waals surface area contributed by atoms with Gasteiger partial charge in [0, 0.05) is 47.6 Å². The number of hydrogen-bond donors (Lipinski definition) is 0. The molecule has 1 atom stereocenters. The predicted octanol–water partition coefficient (Wildman–Crippen LogP) is 5.17. The molecule has 184 valence electrons. The third kappa shape index (κ3) is 4.98. The molecular formula is C25H27F2N5O2S. The quantitative estimate of drug-likeness (QED) is 0.469. The van der Waals surface area contributed by atoms with Gasteiger partial charge in [-0.1, -0.05) is 29.4 Å². The first-order valence-electron chi connectivity index (χ1n) is 11.7. The summed E-state index contributed by atoms with van der Waals surface area (Å²) in [5, 5.41) is 11.5. The summed E-state index contributed by atoms with van der Waals surface area (Å²) in [5.74, 6) is 0.367. The van der Waals surface area contributed by atoms with Gasteiger partial charge < -0.3 is 9.74 Å². The number of rotatable bonds is 6. The number of aryl methyl sites for hydroxylation is 2. The molecule has 0 radical (unpaired) electrons. The van der Waals surface area contributed by atoms with E-state index in [9.17, 15) is 13.6 Å². The molecule has 1 unspecified atom stereocenters. The molecule has 10 heteroatoms. The van der Waals surface area contributed by atoms with Gasteiger partial charge in [-0.2, -0.15) is 5.10 Å². The molecule has 1 aromatic carbocycles. The van der Waals surface area contributed by atoms with Crippen molar-refractivity contribution in [3.8, 4) is 0 Å². The van der Waals surface area contributed by atoms with Crippen molar-refractivity contribution in [1.82, 2.24) is 19.7 Å². The molecule has 2 aliphatic rings. The van der Waals surface area contributed by atoms with Gasteiger partial charge >= 0.3 is 0 Å². The second kappa shape index (κ2) is 9.85. The lowest BCUT2D eigenvalue weighted by Crippen LogP contribution is -2.40. The summed E-state index contributed by atoms with van der Waals surface area (Å²) in [4.78, 5) is 25.0. The normalized spacial score (nSPS) is 18.7. The number of benzene rings is 1. The maximum atomic E-state index is 13.4. The van der Waals surface area contributed by atoms with Gasteiger partial charge in [0.2, 0.25) is 5.91 Å². The first-order valence-corrected chi connectivity index (χ1v) is 12.6. The SMILES string of the molecule is Cc1cc(C)n(CC(=O)N2CCC(c3nc(C4=NOC(c5ccccc5C(F)F)C4)cs3)CC2)n1. The third-order valence-electron chi connectivity index (χ3n) is 6.65. The fourth-order valence-corrected chi connectivity index (χ4v) is 5.75. The zero-order chi connectivity index (χ0) is 24.5. The van der Waals surface area contributed by atoms with E-state index < -0.39 is 12.5 Å². The monoisotopic (exact) mass is 499 g/mol. The lowest BCUT2D eigenvalue weighted by atomic mass is 9.97. The number of likely N-dealkylation sites (tertiary alicyclic amines) is 1. The van der Waals surface area contributed by atoms with Crippen LogP contribution in [0, 0.1) is 13.8 Å². The van der Waals surface area contributed by atoms with Crippen molar-refractivity contribution in [2.45, 2.75) is 58.1 Å². The van der Waals surface area contributed by atoms with Crippen molar-refractivity contribution < 1.29 is 18.4 Å². The van der Waals surface area contributed by atoms with Gasteiger partial charge in [-0.05, 0) is 32.8 Å². The number of aromatic nitrogens is 3. The van der Waals surface area contributed by atoms with Crippen LogP contribution >= 0.6 is 11.3 Å². The molecule has 0 aliphatic carbocycles. The van der Waals surface area contributed by atoms with Gasteiger partial charge in [0.05, 0.1) is 16.4 Å². The number of piperidine rings is 1. The summed E-state index contributed by atoms with van der Waals surface area (Å²) in [5.41, 5.74) is 3.76. The molecule has 1 amide bonds. The Hall–Kier alpha value is -3.14. The zero-order valence-electron chi connectivity index (χ0n) is 19.7. The molecule has 0 N–H and O–H groups in total. The molecule has 1 fully saturated rings. The van der Waals surface area contributed by atoms with Crippen LogP contribution in [0.25, 0.3) is 0 Å². The van der Waals surface area contributed by atoms with Crippen LogP contribution in [0.3, 0.4) is 0 Å².